The average Bonchev–Trinajstić information content (AvgIpc) is 3.58. The number of likely N-dealkylation sites (N-methyl/N-ethyl adjacent to an activating group) is 1. The summed E-state index contributed by atoms with van der Waals surface area (Å²) in [5.74, 6) is 6.57. The molecule has 1 fully saturated rings. The minimum atomic E-state index is -3.89. The van der Waals surface area contributed by atoms with Gasteiger partial charge in [-0.2, -0.15) is 4.31 Å². The third kappa shape index (κ3) is 5.45. The van der Waals surface area contributed by atoms with E-state index in [1.54, 1.807) is 31.0 Å². The summed E-state index contributed by atoms with van der Waals surface area (Å²) in [5.41, 5.74) is 0.670. The Morgan fingerprint density at radius 2 is 2.00 bits per heavy atom. The molecule has 1 amide bonds. The number of rotatable bonds is 5. The summed E-state index contributed by atoms with van der Waals surface area (Å²) in [6, 6.07) is 4.29. The van der Waals surface area contributed by atoms with E-state index in [0.29, 0.717) is 12.1 Å². The second-order valence-electron chi connectivity index (χ2n) is 9.32. The number of carbonyl (C=O) groups is 1. The number of fused-ring (bicyclic) bond motifs is 1. The van der Waals surface area contributed by atoms with E-state index in [2.05, 4.69) is 11.8 Å². The first kappa shape index (κ1) is 24.6. The number of aliphatic hydroxyl groups is 1. The average molecular weight is 463 g/mol. The summed E-state index contributed by atoms with van der Waals surface area (Å²) in [6.07, 6.45) is 1.44. The molecule has 0 aromatic heterocycles. The second kappa shape index (κ2) is 9.82. The molecule has 0 spiro atoms. The number of hydrogen-bond acceptors (Lipinski definition) is 5. The van der Waals surface area contributed by atoms with Crippen LogP contribution in [0, 0.1) is 29.6 Å². The second-order valence-corrected chi connectivity index (χ2v) is 11.2. The Hall–Kier alpha value is -2.08. The lowest BCUT2D eigenvalue weighted by atomic mass is 10.0. The van der Waals surface area contributed by atoms with Crippen LogP contribution in [0.4, 0.5) is 0 Å². The van der Waals surface area contributed by atoms with Crippen LogP contribution in [0.5, 0.6) is 5.75 Å². The van der Waals surface area contributed by atoms with Crippen LogP contribution in [0.25, 0.3) is 0 Å². The third-order valence-electron chi connectivity index (χ3n) is 5.93. The minimum Gasteiger partial charge on any atom is -0.487 e. The van der Waals surface area contributed by atoms with Crippen molar-refractivity contribution >= 4 is 15.9 Å². The van der Waals surface area contributed by atoms with Crippen molar-refractivity contribution in [1.82, 2.24) is 9.21 Å². The van der Waals surface area contributed by atoms with Crippen molar-refractivity contribution < 1.29 is 23.1 Å². The zero-order valence-electron chi connectivity index (χ0n) is 19.5. The summed E-state index contributed by atoms with van der Waals surface area (Å²) >= 11 is 0. The minimum absolute atomic E-state index is 0.0565. The molecule has 3 rings (SSSR count). The molecule has 1 saturated carbocycles. The van der Waals surface area contributed by atoms with Crippen LogP contribution < -0.4 is 4.74 Å². The quantitative estimate of drug-likeness (QED) is 0.679. The number of aliphatic hydroxyl groups excluding tert-OH is 1. The van der Waals surface area contributed by atoms with Crippen molar-refractivity contribution in [2.24, 2.45) is 17.8 Å². The maximum atomic E-state index is 13.5. The van der Waals surface area contributed by atoms with E-state index in [-0.39, 0.29) is 47.5 Å². The van der Waals surface area contributed by atoms with Crippen molar-refractivity contribution in [2.45, 2.75) is 57.6 Å². The Balaban J connectivity index is 2.03. The summed E-state index contributed by atoms with van der Waals surface area (Å²) in [7, 11) is -2.12. The maximum absolute atomic E-state index is 13.5. The van der Waals surface area contributed by atoms with Gasteiger partial charge >= 0.3 is 0 Å². The highest BCUT2D eigenvalue weighted by Gasteiger charge is 2.39. The largest absolute Gasteiger partial charge is 0.487 e. The Morgan fingerprint density at radius 1 is 1.31 bits per heavy atom. The van der Waals surface area contributed by atoms with Crippen molar-refractivity contribution in [1.29, 1.82) is 0 Å². The highest BCUT2D eigenvalue weighted by molar-refractivity contribution is 7.89. The Morgan fingerprint density at radius 3 is 2.59 bits per heavy atom. The topological polar surface area (TPSA) is 87.2 Å². The number of amides is 1. The molecule has 1 aromatic rings. The van der Waals surface area contributed by atoms with Gasteiger partial charge in [-0.25, -0.2) is 8.42 Å². The highest BCUT2D eigenvalue weighted by Crippen LogP contribution is 2.35. The normalized spacial score (nSPS) is 23.7. The number of benzene rings is 1. The van der Waals surface area contributed by atoms with E-state index in [9.17, 15) is 18.3 Å². The van der Waals surface area contributed by atoms with E-state index in [1.165, 1.54) is 10.4 Å². The molecule has 0 saturated heterocycles. The van der Waals surface area contributed by atoms with E-state index in [4.69, 9.17) is 4.74 Å². The first-order valence-electron chi connectivity index (χ1n) is 11.2. The maximum Gasteiger partial charge on any atom is 0.247 e. The number of nitrogens with zero attached hydrogens (tertiary/aromatic N) is 2. The van der Waals surface area contributed by atoms with Gasteiger partial charge in [0.05, 0.1) is 13.2 Å². The van der Waals surface area contributed by atoms with Gasteiger partial charge in [-0.1, -0.05) is 32.6 Å². The molecule has 176 valence electrons. The lowest BCUT2D eigenvalue weighted by Crippen LogP contribution is -2.50. The van der Waals surface area contributed by atoms with Gasteiger partial charge in [-0.05, 0) is 38.0 Å². The Labute approximate surface area is 191 Å². The molecular formula is C24H34N2O5S. The number of ether oxygens (including phenoxy) is 1. The summed E-state index contributed by atoms with van der Waals surface area (Å²) < 4.78 is 34.6. The molecule has 0 radical (unpaired) electrons. The molecule has 0 unspecified atom stereocenters. The van der Waals surface area contributed by atoms with Gasteiger partial charge in [-0.3, -0.25) is 4.79 Å². The SMILES string of the molecule is CC(C)C#Cc1ccc2c(c1)O[C@H](CN(C)C(=O)C1CC1)[C@@H](C)CN([C@@H](C)CO)S2(=O)=O. The highest BCUT2D eigenvalue weighted by atomic mass is 32.2. The lowest BCUT2D eigenvalue weighted by molar-refractivity contribution is -0.132. The monoisotopic (exact) mass is 462 g/mol. The van der Waals surface area contributed by atoms with Crippen molar-refractivity contribution in [3.63, 3.8) is 0 Å². The fraction of sp³-hybridized carbons (Fsp3) is 0.625. The summed E-state index contributed by atoms with van der Waals surface area (Å²) in [4.78, 5) is 14.3. The van der Waals surface area contributed by atoms with Gasteiger partial charge in [0.2, 0.25) is 15.9 Å². The number of hydrogen-bond donors (Lipinski definition) is 1. The predicted molar refractivity (Wildman–Crippen MR) is 123 cm³/mol. The molecule has 1 aliphatic carbocycles. The van der Waals surface area contributed by atoms with Gasteiger partial charge < -0.3 is 14.7 Å². The molecule has 32 heavy (non-hydrogen) atoms. The Bertz CT molecular complexity index is 1010. The molecule has 3 atom stereocenters. The fourth-order valence-corrected chi connectivity index (χ4v) is 5.58. The zero-order chi connectivity index (χ0) is 23.6. The van der Waals surface area contributed by atoms with Crippen LogP contribution in [0.15, 0.2) is 23.1 Å². The van der Waals surface area contributed by atoms with Crippen LogP contribution in [-0.4, -0.2) is 67.5 Å². The molecule has 7 nitrogen and oxygen atoms in total. The van der Waals surface area contributed by atoms with E-state index in [0.717, 1.165) is 12.8 Å². The smallest absolute Gasteiger partial charge is 0.247 e. The molecule has 1 heterocycles. The summed E-state index contributed by atoms with van der Waals surface area (Å²) in [5, 5.41) is 9.73. The van der Waals surface area contributed by atoms with Crippen LogP contribution in [0.1, 0.15) is 46.1 Å². The number of sulfonamides is 1. The molecule has 1 aromatic carbocycles. The predicted octanol–water partition coefficient (Wildman–Crippen LogP) is 2.33. The van der Waals surface area contributed by atoms with Gasteiger partial charge in [-0.15, -0.1) is 0 Å². The fourth-order valence-electron chi connectivity index (χ4n) is 3.75. The molecule has 1 aliphatic heterocycles. The van der Waals surface area contributed by atoms with E-state index < -0.39 is 22.2 Å². The molecule has 8 heteroatoms. The van der Waals surface area contributed by atoms with Crippen LogP contribution >= 0.6 is 0 Å². The van der Waals surface area contributed by atoms with E-state index >= 15 is 0 Å². The molecule has 0 bridgehead atoms. The first-order valence-corrected chi connectivity index (χ1v) is 12.7. The first-order chi connectivity index (χ1) is 15.0. The van der Waals surface area contributed by atoms with Crippen molar-refractivity contribution in [3.8, 4) is 17.6 Å². The lowest BCUT2D eigenvalue weighted by Gasteiger charge is -2.37. The van der Waals surface area contributed by atoms with Gasteiger partial charge in [0, 0.05) is 43.0 Å². The van der Waals surface area contributed by atoms with Crippen LogP contribution in [0.2, 0.25) is 0 Å². The molecule has 1 N–H and O–H groups in total. The van der Waals surface area contributed by atoms with Gasteiger partial charge in [0.25, 0.3) is 0 Å². The van der Waals surface area contributed by atoms with Crippen LogP contribution in [0.3, 0.4) is 0 Å². The van der Waals surface area contributed by atoms with Gasteiger partial charge in [0.15, 0.2) is 0 Å². The Kier molecular flexibility index (Phi) is 7.53. The van der Waals surface area contributed by atoms with Gasteiger partial charge in [0.1, 0.15) is 16.7 Å². The van der Waals surface area contributed by atoms with Crippen molar-refractivity contribution in [2.75, 3.05) is 26.7 Å². The molecule has 2 aliphatic rings. The van der Waals surface area contributed by atoms with Crippen molar-refractivity contribution in [3.05, 3.63) is 23.8 Å². The number of carbonyl (C=O) groups excluding carboxylic acids is 1. The van der Waals surface area contributed by atoms with Crippen LogP contribution in [-0.2, 0) is 14.8 Å². The third-order valence-corrected chi connectivity index (χ3v) is 7.95. The van der Waals surface area contributed by atoms with E-state index in [1.807, 2.05) is 20.8 Å². The standard InChI is InChI=1S/C24H34N2O5S/c1-16(2)6-7-19-8-11-23-21(12-19)31-22(14-25(5)24(28)20-9-10-20)17(3)13-26(18(4)15-27)32(23,29)30/h8,11-12,16-18,20,22,27H,9-10,13-15H2,1-5H3/t17-,18-,22+/m0/s1. The molecular weight excluding hydrogens is 428 g/mol. The zero-order valence-corrected chi connectivity index (χ0v) is 20.4. The summed E-state index contributed by atoms with van der Waals surface area (Å²) in [6.45, 7) is 7.84.